The first-order valence-corrected chi connectivity index (χ1v) is 9.03. The van der Waals surface area contributed by atoms with Crippen LogP contribution in [0.25, 0.3) is 0 Å². The van der Waals surface area contributed by atoms with Gasteiger partial charge in [0.2, 0.25) is 5.95 Å². The first-order valence-electron chi connectivity index (χ1n) is 8.23. The van der Waals surface area contributed by atoms with E-state index in [1.54, 1.807) is 0 Å². The number of rotatable bonds is 3. The van der Waals surface area contributed by atoms with Gasteiger partial charge in [0.25, 0.3) is 0 Å². The third-order valence-electron chi connectivity index (χ3n) is 4.50. The van der Waals surface area contributed by atoms with Gasteiger partial charge in [-0.2, -0.15) is 4.98 Å². The van der Waals surface area contributed by atoms with Crippen molar-refractivity contribution in [3.8, 4) is 0 Å². The van der Waals surface area contributed by atoms with Crippen LogP contribution in [0.1, 0.15) is 43.4 Å². The predicted molar refractivity (Wildman–Crippen MR) is 99.1 cm³/mol. The Balaban J connectivity index is 1.90. The Bertz CT molecular complexity index is 722. The minimum atomic E-state index is -0.858. The van der Waals surface area contributed by atoms with E-state index in [1.165, 1.54) is 0 Å². The number of nitrogens with two attached hydrogens (primary N) is 1. The van der Waals surface area contributed by atoms with Gasteiger partial charge in [0.1, 0.15) is 12.0 Å². The molecule has 0 spiro atoms. The van der Waals surface area contributed by atoms with Gasteiger partial charge >= 0.3 is 0 Å². The molecule has 2 aromatic rings. The van der Waals surface area contributed by atoms with E-state index < -0.39 is 6.17 Å². The summed E-state index contributed by atoms with van der Waals surface area (Å²) in [5.74, 6) is 1.14. The fraction of sp³-hybridized carbons (Fsp3) is 0.444. The molecular weight excluding hydrogens is 371 g/mol. The highest BCUT2D eigenvalue weighted by Crippen LogP contribution is 2.35. The number of piperidine rings is 1. The summed E-state index contributed by atoms with van der Waals surface area (Å²) in [5, 5.41) is 0. The van der Waals surface area contributed by atoms with E-state index >= 15 is 0 Å². The molecule has 1 aromatic carbocycles. The van der Waals surface area contributed by atoms with E-state index in [0.717, 1.165) is 21.5 Å². The summed E-state index contributed by atoms with van der Waals surface area (Å²) in [4.78, 5) is 10.8. The van der Waals surface area contributed by atoms with Crippen molar-refractivity contribution >= 4 is 27.7 Å². The molecule has 0 radical (unpaired) electrons. The van der Waals surface area contributed by atoms with Crippen LogP contribution in [0.3, 0.4) is 0 Å². The SMILES string of the molecule is CC(C)c1cc(N2CC[C@@H](F)[C@@H](c3ccccc3Br)C2)nc(N)n1. The van der Waals surface area contributed by atoms with E-state index in [1.807, 2.05) is 30.3 Å². The summed E-state index contributed by atoms with van der Waals surface area (Å²) in [7, 11) is 0. The van der Waals surface area contributed by atoms with Crippen LogP contribution in [0.15, 0.2) is 34.8 Å². The lowest BCUT2D eigenvalue weighted by molar-refractivity contribution is 0.242. The van der Waals surface area contributed by atoms with Crippen molar-refractivity contribution < 1.29 is 4.39 Å². The molecule has 1 aliphatic heterocycles. The number of nitrogens with zero attached hydrogens (tertiary/aromatic N) is 3. The van der Waals surface area contributed by atoms with Crippen molar-refractivity contribution in [2.45, 2.75) is 38.3 Å². The molecule has 1 aliphatic rings. The third-order valence-corrected chi connectivity index (χ3v) is 5.22. The lowest BCUT2D eigenvalue weighted by Crippen LogP contribution is -2.41. The van der Waals surface area contributed by atoms with Gasteiger partial charge in [0.05, 0.1) is 5.69 Å². The van der Waals surface area contributed by atoms with Crippen LogP contribution < -0.4 is 10.6 Å². The highest BCUT2D eigenvalue weighted by Gasteiger charge is 2.32. The summed E-state index contributed by atoms with van der Waals surface area (Å²) < 4.78 is 15.5. The van der Waals surface area contributed by atoms with Crippen molar-refractivity contribution in [1.82, 2.24) is 9.97 Å². The van der Waals surface area contributed by atoms with Gasteiger partial charge in [-0.3, -0.25) is 0 Å². The molecule has 1 saturated heterocycles. The molecule has 128 valence electrons. The van der Waals surface area contributed by atoms with E-state index in [4.69, 9.17) is 5.73 Å². The summed E-state index contributed by atoms with van der Waals surface area (Å²) in [5.41, 5.74) is 7.79. The highest BCUT2D eigenvalue weighted by atomic mass is 79.9. The monoisotopic (exact) mass is 392 g/mol. The Morgan fingerprint density at radius 2 is 2.04 bits per heavy atom. The number of alkyl halides is 1. The zero-order valence-corrected chi connectivity index (χ0v) is 15.5. The molecule has 0 amide bonds. The molecule has 1 fully saturated rings. The van der Waals surface area contributed by atoms with Crippen molar-refractivity contribution in [3.05, 3.63) is 46.1 Å². The summed E-state index contributed by atoms with van der Waals surface area (Å²) in [6.45, 7) is 5.36. The van der Waals surface area contributed by atoms with Crippen molar-refractivity contribution in [3.63, 3.8) is 0 Å². The van der Waals surface area contributed by atoms with Crippen molar-refractivity contribution in [1.29, 1.82) is 0 Å². The van der Waals surface area contributed by atoms with Crippen LogP contribution in [0.4, 0.5) is 16.2 Å². The molecule has 0 bridgehead atoms. The molecule has 1 aromatic heterocycles. The molecule has 2 atom stereocenters. The Hall–Kier alpha value is -1.69. The van der Waals surface area contributed by atoms with Crippen LogP contribution in [0.5, 0.6) is 0 Å². The fourth-order valence-corrected chi connectivity index (χ4v) is 3.71. The number of nitrogen functional groups attached to an aromatic ring is 1. The number of anilines is 2. The van der Waals surface area contributed by atoms with Gasteiger partial charge < -0.3 is 10.6 Å². The standard InChI is InChI=1S/C18H22BrFN4/c1-11(2)16-9-17(23-18(21)22-16)24-8-7-15(20)13(10-24)12-5-3-4-6-14(12)19/h3-6,9,11,13,15H,7-8,10H2,1-2H3,(H2,21,22,23)/t13-,15-/m1/s1. The maximum Gasteiger partial charge on any atom is 0.222 e. The van der Waals surface area contributed by atoms with Crippen LogP contribution in [-0.4, -0.2) is 29.2 Å². The Morgan fingerprint density at radius 3 is 2.75 bits per heavy atom. The largest absolute Gasteiger partial charge is 0.368 e. The molecule has 2 heterocycles. The first-order chi connectivity index (χ1) is 11.5. The number of halogens is 2. The lowest BCUT2D eigenvalue weighted by atomic mass is 9.89. The highest BCUT2D eigenvalue weighted by molar-refractivity contribution is 9.10. The van der Waals surface area contributed by atoms with Gasteiger partial charge in [-0.05, 0) is 24.0 Å². The minimum absolute atomic E-state index is 0.187. The van der Waals surface area contributed by atoms with Crippen LogP contribution in [0.2, 0.25) is 0 Å². The second-order valence-electron chi connectivity index (χ2n) is 6.54. The van der Waals surface area contributed by atoms with E-state index in [9.17, 15) is 4.39 Å². The average Bonchev–Trinajstić information content (AvgIpc) is 2.55. The maximum atomic E-state index is 14.6. The number of benzene rings is 1. The Labute approximate surface area is 150 Å². The van der Waals surface area contributed by atoms with E-state index in [0.29, 0.717) is 19.5 Å². The molecule has 2 N–H and O–H groups in total. The normalized spacial score (nSPS) is 21.3. The smallest absolute Gasteiger partial charge is 0.222 e. The average molecular weight is 393 g/mol. The molecule has 0 unspecified atom stereocenters. The van der Waals surface area contributed by atoms with E-state index in [2.05, 4.69) is 44.6 Å². The summed E-state index contributed by atoms with van der Waals surface area (Å²) >= 11 is 3.55. The topological polar surface area (TPSA) is 55.0 Å². The summed E-state index contributed by atoms with van der Waals surface area (Å²) in [6.07, 6.45) is -0.379. The van der Waals surface area contributed by atoms with Crippen molar-refractivity contribution in [2.75, 3.05) is 23.7 Å². The molecule has 0 aliphatic carbocycles. The summed E-state index contributed by atoms with van der Waals surface area (Å²) in [6, 6.07) is 9.81. The fourth-order valence-electron chi connectivity index (χ4n) is 3.13. The van der Waals surface area contributed by atoms with Crippen molar-refractivity contribution in [2.24, 2.45) is 0 Å². The van der Waals surface area contributed by atoms with Crippen LogP contribution >= 0.6 is 15.9 Å². The van der Waals surface area contributed by atoms with Gasteiger partial charge in [-0.15, -0.1) is 0 Å². The number of aromatic nitrogens is 2. The van der Waals surface area contributed by atoms with Gasteiger partial charge in [-0.1, -0.05) is 48.0 Å². The predicted octanol–water partition coefficient (Wildman–Crippen LogP) is 4.28. The number of hydrogen-bond acceptors (Lipinski definition) is 4. The van der Waals surface area contributed by atoms with Gasteiger partial charge in [0.15, 0.2) is 0 Å². The van der Waals surface area contributed by atoms with Gasteiger partial charge in [0, 0.05) is 29.5 Å². The van der Waals surface area contributed by atoms with Crippen LogP contribution in [0, 0.1) is 0 Å². The second-order valence-corrected chi connectivity index (χ2v) is 7.40. The van der Waals surface area contributed by atoms with Gasteiger partial charge in [-0.25, -0.2) is 9.37 Å². The Kier molecular flexibility index (Phi) is 5.04. The molecule has 0 saturated carbocycles. The molecule has 3 rings (SSSR count). The number of hydrogen-bond donors (Lipinski definition) is 1. The first kappa shape index (κ1) is 17.1. The zero-order valence-electron chi connectivity index (χ0n) is 13.9. The molecular formula is C18H22BrFN4. The zero-order chi connectivity index (χ0) is 17.3. The minimum Gasteiger partial charge on any atom is -0.368 e. The molecule has 4 nitrogen and oxygen atoms in total. The Morgan fingerprint density at radius 1 is 1.29 bits per heavy atom. The molecule has 6 heteroatoms. The maximum absolute atomic E-state index is 14.6. The lowest BCUT2D eigenvalue weighted by Gasteiger charge is -2.36. The van der Waals surface area contributed by atoms with E-state index in [-0.39, 0.29) is 17.8 Å². The molecule has 24 heavy (non-hydrogen) atoms. The third kappa shape index (κ3) is 3.53. The van der Waals surface area contributed by atoms with Crippen LogP contribution in [-0.2, 0) is 0 Å². The quantitative estimate of drug-likeness (QED) is 0.846. The second kappa shape index (κ2) is 7.05.